The predicted octanol–water partition coefficient (Wildman–Crippen LogP) is 4.10. The topological polar surface area (TPSA) is 99.6 Å². The molecule has 0 saturated heterocycles. The molecule has 0 atom stereocenters. The van der Waals surface area contributed by atoms with Gasteiger partial charge in [0.25, 0.3) is 5.91 Å². The summed E-state index contributed by atoms with van der Waals surface area (Å²) in [5.74, 6) is 0.338. The molecule has 7 heteroatoms. The Bertz CT molecular complexity index is 1230. The van der Waals surface area contributed by atoms with Crippen molar-refractivity contribution in [2.45, 2.75) is 6.92 Å². The van der Waals surface area contributed by atoms with Crippen LogP contribution >= 0.6 is 0 Å². The van der Waals surface area contributed by atoms with E-state index in [2.05, 4.69) is 20.7 Å². The number of nitrogens with one attached hydrogen (secondary N) is 2. The summed E-state index contributed by atoms with van der Waals surface area (Å²) in [6.45, 7) is 2.44. The van der Waals surface area contributed by atoms with Crippen LogP contribution in [0.15, 0.2) is 71.8 Å². The number of phenols is 1. The van der Waals surface area contributed by atoms with Crippen LogP contribution in [0.3, 0.4) is 0 Å². The smallest absolute Gasteiger partial charge is 0.289 e. The van der Waals surface area contributed by atoms with Crippen LogP contribution in [0.1, 0.15) is 23.0 Å². The Kier molecular flexibility index (Phi) is 5.43. The van der Waals surface area contributed by atoms with Gasteiger partial charge in [-0.15, -0.1) is 0 Å². The van der Waals surface area contributed by atoms with Crippen LogP contribution < -0.4 is 10.2 Å². The molecule has 3 aromatic carbocycles. The maximum atomic E-state index is 12.4. The minimum Gasteiger partial charge on any atom is -0.507 e. The molecule has 4 rings (SSSR count). The number of aromatic nitrogens is 2. The van der Waals surface area contributed by atoms with Crippen LogP contribution in [-0.2, 0) is 0 Å². The third kappa shape index (κ3) is 3.86. The lowest BCUT2D eigenvalue weighted by molar-refractivity contribution is 0.0950. The number of hydrazone groups is 1. The molecule has 0 aliphatic carbocycles. The monoisotopic (exact) mass is 400 g/mol. The van der Waals surface area contributed by atoms with Gasteiger partial charge in [0.05, 0.1) is 18.5 Å². The Morgan fingerprint density at radius 2 is 1.97 bits per heavy atom. The first-order valence-electron chi connectivity index (χ1n) is 9.49. The summed E-state index contributed by atoms with van der Waals surface area (Å²) in [5, 5.41) is 22.9. The predicted molar refractivity (Wildman–Crippen MR) is 116 cm³/mol. The fraction of sp³-hybridized carbons (Fsp3) is 0.0870. The number of ether oxygens (including phenoxy) is 1. The molecule has 0 aliphatic rings. The zero-order valence-electron chi connectivity index (χ0n) is 16.3. The maximum absolute atomic E-state index is 12.4. The summed E-state index contributed by atoms with van der Waals surface area (Å²) in [5.41, 5.74) is 4.64. The van der Waals surface area contributed by atoms with E-state index in [0.717, 1.165) is 16.3 Å². The van der Waals surface area contributed by atoms with Gasteiger partial charge in [-0.1, -0.05) is 42.5 Å². The molecule has 0 spiro atoms. The Morgan fingerprint density at radius 1 is 1.17 bits per heavy atom. The zero-order chi connectivity index (χ0) is 20.9. The maximum Gasteiger partial charge on any atom is 0.289 e. The van der Waals surface area contributed by atoms with Gasteiger partial charge in [0.1, 0.15) is 17.2 Å². The van der Waals surface area contributed by atoms with Crippen LogP contribution in [0.5, 0.6) is 11.5 Å². The number of hydrogen-bond donors (Lipinski definition) is 3. The van der Waals surface area contributed by atoms with Gasteiger partial charge in [0.15, 0.2) is 0 Å². The Labute approximate surface area is 173 Å². The van der Waals surface area contributed by atoms with Crippen molar-refractivity contribution >= 4 is 22.9 Å². The summed E-state index contributed by atoms with van der Waals surface area (Å²) >= 11 is 0. The molecule has 0 bridgehead atoms. The van der Waals surface area contributed by atoms with E-state index in [1.54, 1.807) is 12.1 Å². The first-order chi connectivity index (χ1) is 14.7. The van der Waals surface area contributed by atoms with E-state index in [0.29, 0.717) is 23.6 Å². The van der Waals surface area contributed by atoms with E-state index in [-0.39, 0.29) is 11.4 Å². The molecular weight excluding hydrogens is 380 g/mol. The van der Waals surface area contributed by atoms with Crippen LogP contribution in [0, 0.1) is 0 Å². The number of amides is 1. The molecule has 150 valence electrons. The van der Waals surface area contributed by atoms with Crippen molar-refractivity contribution in [3.63, 3.8) is 0 Å². The number of nitrogens with zero attached hydrogens (tertiary/aromatic N) is 2. The largest absolute Gasteiger partial charge is 0.507 e. The quantitative estimate of drug-likeness (QED) is 0.335. The molecule has 0 saturated carbocycles. The number of hydrogen-bond acceptors (Lipinski definition) is 5. The van der Waals surface area contributed by atoms with Crippen molar-refractivity contribution in [3.05, 3.63) is 78.0 Å². The highest BCUT2D eigenvalue weighted by molar-refractivity contribution is 6.03. The van der Waals surface area contributed by atoms with Crippen LogP contribution in [0.25, 0.3) is 22.0 Å². The van der Waals surface area contributed by atoms with E-state index in [4.69, 9.17) is 4.74 Å². The van der Waals surface area contributed by atoms with Crippen molar-refractivity contribution < 1.29 is 14.6 Å². The number of rotatable bonds is 6. The number of carbonyl (C=O) groups excluding carboxylic acids is 1. The van der Waals surface area contributed by atoms with E-state index < -0.39 is 5.91 Å². The van der Waals surface area contributed by atoms with E-state index in [1.807, 2.05) is 61.5 Å². The van der Waals surface area contributed by atoms with Gasteiger partial charge in [-0.2, -0.15) is 10.2 Å². The molecule has 0 fully saturated rings. The van der Waals surface area contributed by atoms with Gasteiger partial charge in [0, 0.05) is 11.1 Å². The third-order valence-corrected chi connectivity index (χ3v) is 4.59. The summed E-state index contributed by atoms with van der Waals surface area (Å²) < 4.78 is 5.62. The highest BCUT2D eigenvalue weighted by atomic mass is 16.5. The lowest BCUT2D eigenvalue weighted by Crippen LogP contribution is -2.18. The lowest BCUT2D eigenvalue weighted by atomic mass is 10.0. The molecule has 4 aromatic rings. The van der Waals surface area contributed by atoms with Crippen molar-refractivity contribution in [2.75, 3.05) is 6.61 Å². The van der Waals surface area contributed by atoms with Crippen molar-refractivity contribution in [1.82, 2.24) is 15.6 Å². The normalized spacial score (nSPS) is 11.1. The second kappa shape index (κ2) is 8.48. The first-order valence-corrected chi connectivity index (χ1v) is 9.49. The molecule has 0 radical (unpaired) electrons. The summed E-state index contributed by atoms with van der Waals surface area (Å²) in [6.07, 6.45) is 1.43. The molecular formula is C23H20N4O3. The van der Waals surface area contributed by atoms with Gasteiger partial charge in [-0.05, 0) is 42.0 Å². The fourth-order valence-electron chi connectivity index (χ4n) is 3.17. The Balaban J connectivity index is 1.52. The zero-order valence-corrected chi connectivity index (χ0v) is 16.3. The summed E-state index contributed by atoms with van der Waals surface area (Å²) in [7, 11) is 0. The SMILES string of the molecule is CCOc1ccccc1-c1cc(C(=O)N/N=C\c2c(O)ccc3ccccc23)[nH]n1. The molecule has 7 nitrogen and oxygen atoms in total. The molecule has 3 N–H and O–H groups in total. The summed E-state index contributed by atoms with van der Waals surface area (Å²) in [4.78, 5) is 12.4. The standard InChI is InChI=1S/C23H20N4O3/c1-2-30-22-10-6-5-9-17(22)19-13-20(26-25-19)23(29)27-24-14-18-16-8-4-3-7-15(16)11-12-21(18)28/h3-14,28H,2H2,1H3,(H,25,26)(H,27,29)/b24-14-. The number of H-pyrrole nitrogens is 1. The lowest BCUT2D eigenvalue weighted by Gasteiger charge is -2.07. The van der Waals surface area contributed by atoms with Crippen LogP contribution in [-0.4, -0.2) is 34.0 Å². The first kappa shape index (κ1) is 19.2. The third-order valence-electron chi connectivity index (χ3n) is 4.59. The fourth-order valence-corrected chi connectivity index (χ4v) is 3.17. The number of fused-ring (bicyclic) bond motifs is 1. The molecule has 0 aliphatic heterocycles. The van der Waals surface area contributed by atoms with Crippen molar-refractivity contribution in [1.29, 1.82) is 0 Å². The van der Waals surface area contributed by atoms with Gasteiger partial charge >= 0.3 is 0 Å². The van der Waals surface area contributed by atoms with E-state index in [9.17, 15) is 9.90 Å². The average molecular weight is 400 g/mol. The van der Waals surface area contributed by atoms with Gasteiger partial charge in [-0.3, -0.25) is 9.89 Å². The Morgan fingerprint density at radius 3 is 2.83 bits per heavy atom. The minimum absolute atomic E-state index is 0.0862. The number of phenolic OH excluding ortho intramolecular Hbond substituents is 1. The van der Waals surface area contributed by atoms with Gasteiger partial charge in [0.2, 0.25) is 0 Å². The van der Waals surface area contributed by atoms with Crippen LogP contribution in [0.2, 0.25) is 0 Å². The molecule has 1 amide bonds. The van der Waals surface area contributed by atoms with Crippen molar-refractivity contribution in [2.24, 2.45) is 5.10 Å². The van der Waals surface area contributed by atoms with E-state index in [1.165, 1.54) is 6.21 Å². The minimum atomic E-state index is -0.446. The van der Waals surface area contributed by atoms with Gasteiger partial charge < -0.3 is 9.84 Å². The van der Waals surface area contributed by atoms with Crippen LogP contribution in [0.4, 0.5) is 0 Å². The second-order valence-electron chi connectivity index (χ2n) is 6.51. The highest BCUT2D eigenvalue weighted by Gasteiger charge is 2.13. The molecule has 0 unspecified atom stereocenters. The van der Waals surface area contributed by atoms with E-state index >= 15 is 0 Å². The Hall–Kier alpha value is -4.13. The average Bonchev–Trinajstić information content (AvgIpc) is 3.26. The number of carbonyl (C=O) groups is 1. The number of benzene rings is 3. The molecule has 1 aromatic heterocycles. The number of para-hydroxylation sites is 1. The summed E-state index contributed by atoms with van der Waals surface area (Å²) in [6, 6.07) is 20.2. The van der Waals surface area contributed by atoms with Gasteiger partial charge in [-0.25, -0.2) is 5.43 Å². The highest BCUT2D eigenvalue weighted by Crippen LogP contribution is 2.29. The number of aromatic hydroxyl groups is 1. The van der Waals surface area contributed by atoms with Crippen molar-refractivity contribution in [3.8, 4) is 22.8 Å². The number of aromatic amines is 1. The molecule has 30 heavy (non-hydrogen) atoms. The second-order valence-corrected chi connectivity index (χ2v) is 6.51. The molecule has 1 heterocycles.